The lowest BCUT2D eigenvalue weighted by Gasteiger charge is -2.27. The Morgan fingerprint density at radius 1 is 1.43 bits per heavy atom. The second kappa shape index (κ2) is 7.38. The van der Waals surface area contributed by atoms with Gasteiger partial charge in [-0.05, 0) is 24.5 Å². The van der Waals surface area contributed by atoms with Crippen LogP contribution < -0.4 is 5.32 Å². The van der Waals surface area contributed by atoms with E-state index in [2.05, 4.69) is 5.32 Å². The Morgan fingerprint density at radius 2 is 2.05 bits per heavy atom. The largest absolute Gasteiger partial charge is 0.481 e. The maximum absolute atomic E-state index is 11.4. The topological polar surface area (TPSA) is 92.5 Å². The number of benzene rings is 1. The molecule has 1 rings (SSSR count). The third kappa shape index (κ3) is 4.15. The zero-order valence-electron chi connectivity index (χ0n) is 12.1. The summed E-state index contributed by atoms with van der Waals surface area (Å²) in [6, 6.07) is 4.25. The SMILES string of the molecule is CCC(CC)(CNCc1ccc([N+](=O)[O-])cc1Cl)C(=O)O. The summed E-state index contributed by atoms with van der Waals surface area (Å²) >= 11 is 5.99. The standard InChI is InChI=1S/C14H19ClN2O4/c1-3-14(4-2,13(18)19)9-16-8-10-5-6-11(17(20)21)7-12(10)15/h5-7,16H,3-4,8-9H2,1-2H3,(H,18,19). The van der Waals surface area contributed by atoms with Crippen LogP contribution in [-0.2, 0) is 11.3 Å². The number of aliphatic carboxylic acids is 1. The van der Waals surface area contributed by atoms with E-state index in [1.54, 1.807) is 6.07 Å². The fourth-order valence-corrected chi connectivity index (χ4v) is 2.35. The first kappa shape index (κ1) is 17.4. The van der Waals surface area contributed by atoms with Gasteiger partial charge in [-0.3, -0.25) is 14.9 Å². The highest BCUT2D eigenvalue weighted by molar-refractivity contribution is 6.31. The van der Waals surface area contributed by atoms with Crippen LogP contribution in [0.1, 0.15) is 32.3 Å². The second-order valence-electron chi connectivity index (χ2n) is 4.93. The number of nitrogens with one attached hydrogen (secondary N) is 1. The van der Waals surface area contributed by atoms with Crippen molar-refractivity contribution in [1.82, 2.24) is 5.32 Å². The molecule has 0 aliphatic heterocycles. The highest BCUT2D eigenvalue weighted by atomic mass is 35.5. The molecule has 0 heterocycles. The van der Waals surface area contributed by atoms with Crippen molar-refractivity contribution in [1.29, 1.82) is 0 Å². The summed E-state index contributed by atoms with van der Waals surface area (Å²) in [6.07, 6.45) is 1.06. The van der Waals surface area contributed by atoms with Gasteiger partial charge in [0.05, 0.1) is 15.4 Å². The zero-order valence-corrected chi connectivity index (χ0v) is 12.8. The summed E-state index contributed by atoms with van der Waals surface area (Å²) in [5.41, 5.74) is -0.160. The van der Waals surface area contributed by atoms with Gasteiger partial charge in [0, 0.05) is 25.2 Å². The van der Waals surface area contributed by atoms with E-state index in [9.17, 15) is 20.0 Å². The highest BCUT2D eigenvalue weighted by Gasteiger charge is 2.34. The van der Waals surface area contributed by atoms with Gasteiger partial charge in [0.25, 0.3) is 5.69 Å². The number of carboxylic acids is 1. The first-order chi connectivity index (χ1) is 9.86. The number of carboxylic acid groups (broad SMARTS) is 1. The molecule has 0 aliphatic rings. The van der Waals surface area contributed by atoms with Gasteiger partial charge in [-0.2, -0.15) is 0 Å². The molecule has 7 heteroatoms. The Morgan fingerprint density at radius 3 is 2.48 bits per heavy atom. The van der Waals surface area contributed by atoms with E-state index in [0.717, 1.165) is 0 Å². The van der Waals surface area contributed by atoms with Crippen LogP contribution in [0.2, 0.25) is 5.02 Å². The summed E-state index contributed by atoms with van der Waals surface area (Å²) in [4.78, 5) is 21.5. The van der Waals surface area contributed by atoms with E-state index in [0.29, 0.717) is 36.5 Å². The molecule has 0 unspecified atom stereocenters. The molecule has 0 spiro atoms. The van der Waals surface area contributed by atoms with Crippen molar-refractivity contribution >= 4 is 23.3 Å². The average Bonchev–Trinajstić information content (AvgIpc) is 2.44. The molecule has 0 atom stereocenters. The molecule has 116 valence electrons. The summed E-state index contributed by atoms with van der Waals surface area (Å²) in [6.45, 7) is 4.38. The molecule has 1 aromatic rings. The third-order valence-corrected chi connectivity index (χ3v) is 4.19. The van der Waals surface area contributed by atoms with Gasteiger partial charge in [0.1, 0.15) is 0 Å². The van der Waals surface area contributed by atoms with Crippen molar-refractivity contribution in [2.75, 3.05) is 6.54 Å². The van der Waals surface area contributed by atoms with Crippen molar-refractivity contribution < 1.29 is 14.8 Å². The van der Waals surface area contributed by atoms with Crippen LogP contribution in [0.25, 0.3) is 0 Å². The monoisotopic (exact) mass is 314 g/mol. The number of rotatable bonds is 8. The molecular formula is C14H19ClN2O4. The lowest BCUT2D eigenvalue weighted by molar-refractivity contribution is -0.384. The predicted octanol–water partition coefficient (Wildman–Crippen LogP) is 3.23. The number of hydrogen-bond donors (Lipinski definition) is 2. The van der Waals surface area contributed by atoms with E-state index in [1.165, 1.54) is 12.1 Å². The van der Waals surface area contributed by atoms with Crippen LogP contribution in [0.15, 0.2) is 18.2 Å². The number of halogens is 1. The average molecular weight is 315 g/mol. The van der Waals surface area contributed by atoms with Gasteiger partial charge in [0.2, 0.25) is 0 Å². The van der Waals surface area contributed by atoms with Crippen molar-refractivity contribution in [2.45, 2.75) is 33.2 Å². The summed E-state index contributed by atoms with van der Waals surface area (Å²) < 4.78 is 0. The van der Waals surface area contributed by atoms with E-state index in [4.69, 9.17) is 11.6 Å². The fourth-order valence-electron chi connectivity index (χ4n) is 2.11. The predicted molar refractivity (Wildman–Crippen MR) is 80.5 cm³/mol. The number of nitro groups is 1. The fraction of sp³-hybridized carbons (Fsp3) is 0.500. The lowest BCUT2D eigenvalue weighted by Crippen LogP contribution is -2.40. The molecule has 0 aliphatic carbocycles. The van der Waals surface area contributed by atoms with Crippen LogP contribution in [0, 0.1) is 15.5 Å². The van der Waals surface area contributed by atoms with E-state index in [1.807, 2.05) is 13.8 Å². The normalized spacial score (nSPS) is 11.4. The van der Waals surface area contributed by atoms with Crippen molar-refractivity contribution in [2.24, 2.45) is 5.41 Å². The minimum absolute atomic E-state index is 0.0641. The molecule has 0 aromatic heterocycles. The minimum Gasteiger partial charge on any atom is -0.481 e. The smallest absolute Gasteiger partial charge is 0.310 e. The molecule has 1 aromatic carbocycles. The van der Waals surface area contributed by atoms with Gasteiger partial charge in [-0.1, -0.05) is 25.4 Å². The van der Waals surface area contributed by atoms with Crippen LogP contribution in [0.5, 0.6) is 0 Å². The minimum atomic E-state index is -0.824. The van der Waals surface area contributed by atoms with Crippen molar-refractivity contribution in [3.63, 3.8) is 0 Å². The third-order valence-electron chi connectivity index (χ3n) is 3.83. The summed E-state index contributed by atoms with van der Waals surface area (Å²) in [5, 5.41) is 23.3. The molecule has 0 radical (unpaired) electrons. The highest BCUT2D eigenvalue weighted by Crippen LogP contribution is 2.26. The van der Waals surface area contributed by atoms with Crippen molar-refractivity contribution in [3.05, 3.63) is 38.9 Å². The van der Waals surface area contributed by atoms with Gasteiger partial charge in [-0.25, -0.2) is 0 Å². The first-order valence-electron chi connectivity index (χ1n) is 6.73. The zero-order chi connectivity index (χ0) is 16.0. The number of nitrogens with zero attached hydrogens (tertiary/aromatic N) is 1. The Balaban J connectivity index is 2.72. The van der Waals surface area contributed by atoms with E-state index >= 15 is 0 Å². The Bertz CT molecular complexity index is 530. The quantitative estimate of drug-likeness (QED) is 0.567. The molecule has 6 nitrogen and oxygen atoms in total. The Kier molecular flexibility index (Phi) is 6.11. The summed E-state index contributed by atoms with van der Waals surface area (Å²) in [7, 11) is 0. The van der Waals surface area contributed by atoms with E-state index < -0.39 is 16.3 Å². The molecule has 0 bridgehead atoms. The number of non-ortho nitro benzene ring substituents is 1. The van der Waals surface area contributed by atoms with Crippen molar-refractivity contribution in [3.8, 4) is 0 Å². The van der Waals surface area contributed by atoms with Crippen LogP contribution in [-0.4, -0.2) is 22.5 Å². The van der Waals surface area contributed by atoms with Gasteiger partial charge < -0.3 is 10.4 Å². The maximum Gasteiger partial charge on any atom is 0.310 e. The molecule has 21 heavy (non-hydrogen) atoms. The lowest BCUT2D eigenvalue weighted by atomic mass is 9.82. The second-order valence-corrected chi connectivity index (χ2v) is 5.34. The Hall–Kier alpha value is -1.66. The number of hydrogen-bond acceptors (Lipinski definition) is 4. The molecule has 0 amide bonds. The summed E-state index contributed by atoms with van der Waals surface area (Å²) in [5.74, 6) is -0.824. The van der Waals surface area contributed by atoms with Gasteiger partial charge in [-0.15, -0.1) is 0 Å². The molecule has 2 N–H and O–H groups in total. The maximum atomic E-state index is 11.4. The first-order valence-corrected chi connectivity index (χ1v) is 7.11. The number of carbonyl (C=O) groups is 1. The molecule has 0 saturated carbocycles. The molecule has 0 fully saturated rings. The Labute approximate surface area is 128 Å². The number of nitro benzene ring substituents is 1. The van der Waals surface area contributed by atoms with Gasteiger partial charge in [0.15, 0.2) is 0 Å². The van der Waals surface area contributed by atoms with Gasteiger partial charge >= 0.3 is 5.97 Å². The molecular weight excluding hydrogens is 296 g/mol. The van der Waals surface area contributed by atoms with Crippen LogP contribution in [0.4, 0.5) is 5.69 Å². The van der Waals surface area contributed by atoms with Crippen LogP contribution in [0.3, 0.4) is 0 Å². The molecule has 0 saturated heterocycles. The van der Waals surface area contributed by atoms with Crippen LogP contribution >= 0.6 is 11.6 Å². The van der Waals surface area contributed by atoms with E-state index in [-0.39, 0.29) is 5.69 Å².